The number of rotatable bonds is 5. The number of alkyl halides is 4. The van der Waals surface area contributed by atoms with E-state index in [2.05, 4.69) is 4.98 Å². The van der Waals surface area contributed by atoms with Crippen molar-refractivity contribution in [3.8, 4) is 0 Å². The summed E-state index contributed by atoms with van der Waals surface area (Å²) in [5.74, 6) is 0.0237. The highest BCUT2D eigenvalue weighted by molar-refractivity contribution is 6.17. The largest absolute Gasteiger partial charge is 0.417 e. The SMILES string of the molecule is CC(C)N(CCCCl)C(=O)c1ccc(C(F)(F)F)cn1. The van der Waals surface area contributed by atoms with Crippen LogP contribution in [0.25, 0.3) is 0 Å². The maximum atomic E-state index is 12.4. The van der Waals surface area contributed by atoms with Crippen molar-refractivity contribution in [3.63, 3.8) is 0 Å². The first-order chi connectivity index (χ1) is 9.27. The van der Waals surface area contributed by atoms with Gasteiger partial charge in [-0.2, -0.15) is 13.2 Å². The second-order valence-corrected chi connectivity index (χ2v) is 4.94. The molecule has 1 heterocycles. The number of carbonyl (C=O) groups excluding carboxylic acids is 1. The Balaban J connectivity index is 2.89. The predicted octanol–water partition coefficient (Wildman–Crippen LogP) is 3.58. The minimum atomic E-state index is -4.45. The summed E-state index contributed by atoms with van der Waals surface area (Å²) < 4.78 is 37.3. The highest BCUT2D eigenvalue weighted by atomic mass is 35.5. The van der Waals surface area contributed by atoms with Crippen molar-refractivity contribution in [2.24, 2.45) is 0 Å². The van der Waals surface area contributed by atoms with Gasteiger partial charge in [-0.05, 0) is 32.4 Å². The van der Waals surface area contributed by atoms with Gasteiger partial charge < -0.3 is 4.90 Å². The van der Waals surface area contributed by atoms with Crippen molar-refractivity contribution in [2.75, 3.05) is 12.4 Å². The summed E-state index contributed by atoms with van der Waals surface area (Å²) in [6, 6.07) is 1.89. The van der Waals surface area contributed by atoms with Gasteiger partial charge in [0.15, 0.2) is 0 Å². The van der Waals surface area contributed by atoms with Crippen molar-refractivity contribution in [1.29, 1.82) is 0 Å². The molecule has 0 aromatic carbocycles. The molecule has 0 N–H and O–H groups in total. The van der Waals surface area contributed by atoms with Crippen molar-refractivity contribution in [2.45, 2.75) is 32.5 Å². The van der Waals surface area contributed by atoms with Crippen LogP contribution in [0.2, 0.25) is 0 Å². The van der Waals surface area contributed by atoms with Crippen LogP contribution in [0.3, 0.4) is 0 Å². The second-order valence-electron chi connectivity index (χ2n) is 4.56. The first-order valence-electron chi connectivity index (χ1n) is 6.17. The van der Waals surface area contributed by atoms with E-state index in [9.17, 15) is 18.0 Å². The fraction of sp³-hybridized carbons (Fsp3) is 0.538. The Hall–Kier alpha value is -1.30. The lowest BCUT2D eigenvalue weighted by Gasteiger charge is -2.26. The smallest absolute Gasteiger partial charge is 0.335 e. The molecular weight excluding hydrogens is 293 g/mol. The van der Waals surface area contributed by atoms with Crippen LogP contribution >= 0.6 is 11.6 Å². The van der Waals surface area contributed by atoms with E-state index in [4.69, 9.17) is 11.6 Å². The third-order valence-electron chi connectivity index (χ3n) is 2.73. The first kappa shape index (κ1) is 16.8. The van der Waals surface area contributed by atoms with Gasteiger partial charge in [-0.25, -0.2) is 0 Å². The maximum absolute atomic E-state index is 12.4. The zero-order valence-corrected chi connectivity index (χ0v) is 12.0. The standard InChI is InChI=1S/C13H16ClF3N2O/c1-9(2)19(7-3-6-14)12(20)11-5-4-10(8-18-11)13(15,16)17/h4-5,8-9H,3,6-7H2,1-2H3. The minimum Gasteiger partial charge on any atom is -0.335 e. The monoisotopic (exact) mass is 308 g/mol. The lowest BCUT2D eigenvalue weighted by atomic mass is 10.2. The van der Waals surface area contributed by atoms with Crippen LogP contribution in [-0.2, 0) is 6.18 Å². The minimum absolute atomic E-state index is 0.00118. The first-order valence-corrected chi connectivity index (χ1v) is 6.71. The van der Waals surface area contributed by atoms with Gasteiger partial charge in [0.1, 0.15) is 5.69 Å². The van der Waals surface area contributed by atoms with E-state index in [1.165, 1.54) is 4.90 Å². The normalized spacial score (nSPS) is 11.8. The number of pyridine rings is 1. The Morgan fingerprint density at radius 2 is 2.05 bits per heavy atom. The van der Waals surface area contributed by atoms with Crippen LogP contribution < -0.4 is 0 Å². The molecule has 0 aliphatic rings. The molecule has 0 spiro atoms. The molecule has 112 valence electrons. The van der Waals surface area contributed by atoms with Crippen LogP contribution in [0.15, 0.2) is 18.3 Å². The van der Waals surface area contributed by atoms with Crippen molar-refractivity contribution < 1.29 is 18.0 Å². The molecule has 0 radical (unpaired) electrons. The van der Waals surface area contributed by atoms with E-state index in [0.717, 1.165) is 12.1 Å². The van der Waals surface area contributed by atoms with Crippen LogP contribution in [0.4, 0.5) is 13.2 Å². The van der Waals surface area contributed by atoms with Crippen molar-refractivity contribution in [1.82, 2.24) is 9.88 Å². The summed E-state index contributed by atoms with van der Waals surface area (Å²) >= 11 is 5.59. The van der Waals surface area contributed by atoms with Gasteiger partial charge in [0.05, 0.1) is 5.56 Å². The Kier molecular flexibility index (Phi) is 5.80. The summed E-state index contributed by atoms with van der Waals surface area (Å²) in [7, 11) is 0. The summed E-state index contributed by atoms with van der Waals surface area (Å²) in [6.07, 6.45) is -3.16. The fourth-order valence-corrected chi connectivity index (χ4v) is 1.78. The van der Waals surface area contributed by atoms with E-state index >= 15 is 0 Å². The van der Waals surface area contributed by atoms with Crippen molar-refractivity contribution >= 4 is 17.5 Å². The molecule has 0 bridgehead atoms. The molecule has 0 unspecified atom stereocenters. The van der Waals surface area contributed by atoms with Crippen LogP contribution in [0.1, 0.15) is 36.3 Å². The molecule has 0 aliphatic carbocycles. The second kappa shape index (κ2) is 6.92. The molecule has 7 heteroatoms. The highest BCUT2D eigenvalue weighted by Gasteiger charge is 2.31. The molecule has 0 aliphatic heterocycles. The maximum Gasteiger partial charge on any atom is 0.417 e. The predicted molar refractivity (Wildman–Crippen MR) is 70.7 cm³/mol. The quantitative estimate of drug-likeness (QED) is 0.779. The lowest BCUT2D eigenvalue weighted by molar-refractivity contribution is -0.137. The molecule has 0 fully saturated rings. The van der Waals surface area contributed by atoms with Gasteiger partial charge in [0.2, 0.25) is 0 Å². The molecule has 1 rings (SSSR count). The summed E-state index contributed by atoms with van der Waals surface area (Å²) in [5, 5.41) is 0. The van der Waals surface area contributed by atoms with E-state index in [1.54, 1.807) is 0 Å². The topological polar surface area (TPSA) is 33.2 Å². The Morgan fingerprint density at radius 3 is 2.45 bits per heavy atom. The third kappa shape index (κ3) is 4.37. The molecule has 20 heavy (non-hydrogen) atoms. The van der Waals surface area contributed by atoms with Crippen molar-refractivity contribution in [3.05, 3.63) is 29.6 Å². The van der Waals surface area contributed by atoms with Gasteiger partial charge >= 0.3 is 6.18 Å². The van der Waals surface area contributed by atoms with E-state index in [0.29, 0.717) is 25.0 Å². The van der Waals surface area contributed by atoms with Crippen LogP contribution in [0, 0.1) is 0 Å². The number of hydrogen-bond donors (Lipinski definition) is 0. The average Bonchev–Trinajstić information content (AvgIpc) is 2.37. The number of halogens is 4. The number of amides is 1. The number of nitrogens with zero attached hydrogens (tertiary/aromatic N) is 2. The Bertz CT molecular complexity index is 446. The molecule has 1 aromatic heterocycles. The Morgan fingerprint density at radius 1 is 1.40 bits per heavy atom. The van der Waals surface area contributed by atoms with Gasteiger partial charge in [-0.3, -0.25) is 9.78 Å². The van der Waals surface area contributed by atoms with E-state index in [1.807, 2.05) is 13.8 Å². The number of aromatic nitrogens is 1. The fourth-order valence-electron chi connectivity index (χ4n) is 1.66. The highest BCUT2D eigenvalue weighted by Crippen LogP contribution is 2.28. The van der Waals surface area contributed by atoms with E-state index in [-0.39, 0.29) is 17.6 Å². The summed E-state index contributed by atoms with van der Waals surface area (Å²) in [6.45, 7) is 4.11. The van der Waals surface area contributed by atoms with Gasteiger partial charge in [0, 0.05) is 24.7 Å². The average molecular weight is 309 g/mol. The van der Waals surface area contributed by atoms with Gasteiger partial charge in [-0.1, -0.05) is 0 Å². The van der Waals surface area contributed by atoms with Gasteiger partial charge in [0.25, 0.3) is 5.91 Å². The number of carbonyl (C=O) groups is 1. The number of hydrogen-bond acceptors (Lipinski definition) is 2. The molecule has 0 saturated heterocycles. The molecule has 0 atom stereocenters. The van der Waals surface area contributed by atoms with Crippen LogP contribution in [0.5, 0.6) is 0 Å². The lowest BCUT2D eigenvalue weighted by Crippen LogP contribution is -2.38. The van der Waals surface area contributed by atoms with Gasteiger partial charge in [-0.15, -0.1) is 11.6 Å². The third-order valence-corrected chi connectivity index (χ3v) is 2.99. The van der Waals surface area contributed by atoms with E-state index < -0.39 is 11.7 Å². The molecule has 3 nitrogen and oxygen atoms in total. The zero-order chi connectivity index (χ0) is 15.3. The Labute approximate surface area is 120 Å². The molecule has 1 aromatic rings. The summed E-state index contributed by atoms with van der Waals surface area (Å²) in [5.41, 5.74) is -0.868. The zero-order valence-electron chi connectivity index (χ0n) is 11.2. The van der Waals surface area contributed by atoms with Crippen LogP contribution in [-0.4, -0.2) is 34.3 Å². The molecule has 0 saturated carbocycles. The molecule has 1 amide bonds. The molecular formula is C13H16ClF3N2O. The summed E-state index contributed by atoms with van der Waals surface area (Å²) in [4.78, 5) is 17.3.